The van der Waals surface area contributed by atoms with Crippen LogP contribution < -0.4 is 5.32 Å². The summed E-state index contributed by atoms with van der Waals surface area (Å²) in [5, 5.41) is 5.57. The second-order valence-electron chi connectivity index (χ2n) is 8.59. The third kappa shape index (κ3) is 5.80. The molecule has 0 saturated heterocycles. The molecular formula is C22H27ClN2O3S. The monoisotopic (exact) mass is 434 g/mol. The molecule has 1 aliphatic rings. The minimum absolute atomic E-state index is 0.104. The van der Waals surface area contributed by atoms with Crippen LogP contribution >= 0.6 is 22.9 Å². The zero-order chi connectivity index (χ0) is 21.0. The van der Waals surface area contributed by atoms with Gasteiger partial charge >= 0.3 is 5.97 Å². The number of aromatic nitrogens is 1. The Bertz CT molecular complexity index is 867. The lowest BCUT2D eigenvalue weighted by Gasteiger charge is -2.36. The number of rotatable bonds is 5. The Labute approximate surface area is 180 Å². The molecule has 1 fully saturated rings. The molecule has 0 atom stereocenters. The maximum Gasteiger partial charge on any atom is 0.309 e. The first-order chi connectivity index (χ1) is 13.7. The van der Waals surface area contributed by atoms with E-state index in [1.165, 1.54) is 11.3 Å². The zero-order valence-electron chi connectivity index (χ0n) is 17.0. The van der Waals surface area contributed by atoms with E-state index in [2.05, 4.69) is 31.1 Å². The Morgan fingerprint density at radius 3 is 2.55 bits per heavy atom. The number of carbonyl (C=O) groups is 2. The molecule has 0 unspecified atom stereocenters. The highest BCUT2D eigenvalue weighted by molar-refractivity contribution is 7.14. The number of carbonyl (C=O) groups excluding carboxylic acids is 2. The Morgan fingerprint density at radius 2 is 1.90 bits per heavy atom. The fourth-order valence-corrected chi connectivity index (χ4v) is 4.69. The van der Waals surface area contributed by atoms with Gasteiger partial charge in [-0.25, -0.2) is 4.98 Å². The van der Waals surface area contributed by atoms with Crippen LogP contribution in [-0.2, 0) is 14.3 Å². The number of amides is 1. The zero-order valence-corrected chi connectivity index (χ0v) is 18.6. The van der Waals surface area contributed by atoms with Crippen molar-refractivity contribution in [2.45, 2.75) is 46.5 Å². The number of thiazole rings is 1. The summed E-state index contributed by atoms with van der Waals surface area (Å²) >= 11 is 7.49. The van der Waals surface area contributed by atoms with Crippen molar-refractivity contribution < 1.29 is 14.3 Å². The van der Waals surface area contributed by atoms with E-state index in [-0.39, 0.29) is 29.8 Å². The van der Waals surface area contributed by atoms with Gasteiger partial charge in [-0.15, -0.1) is 11.3 Å². The number of esters is 1. The third-order valence-electron chi connectivity index (χ3n) is 5.53. The van der Waals surface area contributed by atoms with Gasteiger partial charge in [-0.1, -0.05) is 50.6 Å². The molecule has 1 aliphatic carbocycles. The maximum absolute atomic E-state index is 12.3. The molecular weight excluding hydrogens is 408 g/mol. The first-order valence-corrected chi connectivity index (χ1v) is 11.2. The van der Waals surface area contributed by atoms with Crippen LogP contribution in [-0.4, -0.2) is 23.5 Å². The standard InChI is InChI=1S/C22H27ClN2O3S/c1-22(2,3)15-10-8-14(9-11-15)20(27)28-12-19(26)25-21-24-18(13-29-21)16-6-4-5-7-17(16)23/h4-7,13-15H,8-12H2,1-3H3,(H,24,25,26). The van der Waals surface area contributed by atoms with Gasteiger partial charge in [0.05, 0.1) is 11.6 Å². The number of hydrogen-bond donors (Lipinski definition) is 1. The van der Waals surface area contributed by atoms with E-state index >= 15 is 0 Å². The SMILES string of the molecule is CC(C)(C)C1CCC(C(=O)OCC(=O)Nc2nc(-c3ccccc3Cl)cs2)CC1. The van der Waals surface area contributed by atoms with Crippen molar-refractivity contribution in [3.05, 3.63) is 34.7 Å². The molecule has 2 aromatic rings. The quantitative estimate of drug-likeness (QED) is 0.604. The van der Waals surface area contributed by atoms with Crippen molar-refractivity contribution in [3.63, 3.8) is 0 Å². The van der Waals surface area contributed by atoms with E-state index in [9.17, 15) is 9.59 Å². The first kappa shape index (κ1) is 21.8. The lowest BCUT2D eigenvalue weighted by molar-refractivity contribution is -0.153. The molecule has 156 valence electrons. The minimum Gasteiger partial charge on any atom is -0.455 e. The average molecular weight is 435 g/mol. The van der Waals surface area contributed by atoms with Gasteiger partial charge in [0.2, 0.25) is 0 Å². The van der Waals surface area contributed by atoms with Gasteiger partial charge in [0.15, 0.2) is 11.7 Å². The summed E-state index contributed by atoms with van der Waals surface area (Å²) in [5.41, 5.74) is 1.78. The number of nitrogens with zero attached hydrogens (tertiary/aromatic N) is 1. The molecule has 1 heterocycles. The number of anilines is 1. The van der Waals surface area contributed by atoms with Crippen LogP contribution in [0.3, 0.4) is 0 Å². The van der Waals surface area contributed by atoms with Gasteiger partial charge in [-0.05, 0) is 43.1 Å². The lowest BCUT2D eigenvalue weighted by Crippen LogP contribution is -2.31. The average Bonchev–Trinajstić information content (AvgIpc) is 3.14. The summed E-state index contributed by atoms with van der Waals surface area (Å²) in [7, 11) is 0. The molecule has 7 heteroatoms. The maximum atomic E-state index is 12.3. The van der Waals surface area contributed by atoms with Gasteiger partial charge in [-0.2, -0.15) is 0 Å². The summed E-state index contributed by atoms with van der Waals surface area (Å²) in [5.74, 6) is -0.134. The third-order valence-corrected chi connectivity index (χ3v) is 6.62. The van der Waals surface area contributed by atoms with Crippen LogP contribution in [0.25, 0.3) is 11.3 Å². The molecule has 3 rings (SSSR count). The van der Waals surface area contributed by atoms with Gasteiger partial charge in [0.1, 0.15) is 0 Å². The van der Waals surface area contributed by atoms with E-state index in [0.29, 0.717) is 21.8 Å². The van der Waals surface area contributed by atoms with Crippen LogP contribution in [0, 0.1) is 17.3 Å². The van der Waals surface area contributed by atoms with Crippen molar-refractivity contribution in [1.82, 2.24) is 4.98 Å². The van der Waals surface area contributed by atoms with E-state index in [0.717, 1.165) is 31.2 Å². The molecule has 5 nitrogen and oxygen atoms in total. The number of ether oxygens (including phenoxy) is 1. The Hall–Kier alpha value is -1.92. The first-order valence-electron chi connectivity index (χ1n) is 9.91. The number of nitrogens with one attached hydrogen (secondary N) is 1. The van der Waals surface area contributed by atoms with Gasteiger partial charge in [-0.3, -0.25) is 14.9 Å². The van der Waals surface area contributed by atoms with Crippen LogP contribution in [0.5, 0.6) is 0 Å². The summed E-state index contributed by atoms with van der Waals surface area (Å²) in [4.78, 5) is 28.8. The second kappa shape index (κ2) is 9.26. The molecule has 0 spiro atoms. The molecule has 1 aromatic carbocycles. The predicted octanol–water partition coefficient (Wildman–Crippen LogP) is 5.80. The fourth-order valence-electron chi connectivity index (χ4n) is 3.73. The van der Waals surface area contributed by atoms with Crippen LogP contribution in [0.4, 0.5) is 5.13 Å². The van der Waals surface area contributed by atoms with Gasteiger partial charge in [0, 0.05) is 16.0 Å². The van der Waals surface area contributed by atoms with E-state index in [1.807, 2.05) is 23.6 Å². The highest BCUT2D eigenvalue weighted by atomic mass is 35.5. The molecule has 0 radical (unpaired) electrons. The van der Waals surface area contributed by atoms with Crippen molar-refractivity contribution >= 4 is 39.9 Å². The minimum atomic E-state index is -0.387. The van der Waals surface area contributed by atoms with Crippen molar-refractivity contribution in [1.29, 1.82) is 0 Å². The molecule has 1 aromatic heterocycles. The van der Waals surface area contributed by atoms with Gasteiger partial charge < -0.3 is 4.74 Å². The second-order valence-corrected chi connectivity index (χ2v) is 9.85. The number of halogens is 1. The Kier molecular flexibility index (Phi) is 6.96. The van der Waals surface area contributed by atoms with Crippen LogP contribution in [0.2, 0.25) is 5.02 Å². The molecule has 29 heavy (non-hydrogen) atoms. The molecule has 0 aliphatic heterocycles. The van der Waals surface area contributed by atoms with Crippen molar-refractivity contribution in [2.75, 3.05) is 11.9 Å². The summed E-state index contributed by atoms with van der Waals surface area (Å²) < 4.78 is 5.25. The van der Waals surface area contributed by atoms with Crippen LogP contribution in [0.1, 0.15) is 46.5 Å². The fraction of sp³-hybridized carbons (Fsp3) is 0.500. The normalized spacial score (nSPS) is 19.6. The molecule has 1 amide bonds. The topological polar surface area (TPSA) is 68.3 Å². The smallest absolute Gasteiger partial charge is 0.309 e. The molecule has 0 bridgehead atoms. The van der Waals surface area contributed by atoms with Crippen molar-refractivity contribution in [2.24, 2.45) is 17.3 Å². The predicted molar refractivity (Wildman–Crippen MR) is 117 cm³/mol. The van der Waals surface area contributed by atoms with Crippen molar-refractivity contribution in [3.8, 4) is 11.3 Å². The van der Waals surface area contributed by atoms with Crippen LogP contribution in [0.15, 0.2) is 29.6 Å². The van der Waals surface area contributed by atoms with Gasteiger partial charge in [0.25, 0.3) is 5.91 Å². The highest BCUT2D eigenvalue weighted by Crippen LogP contribution is 2.40. The summed E-state index contributed by atoms with van der Waals surface area (Å²) in [6.45, 7) is 6.45. The highest BCUT2D eigenvalue weighted by Gasteiger charge is 2.33. The Morgan fingerprint density at radius 1 is 1.21 bits per heavy atom. The largest absolute Gasteiger partial charge is 0.455 e. The summed E-state index contributed by atoms with van der Waals surface area (Å²) in [6.07, 6.45) is 3.71. The Balaban J connectivity index is 1.46. The van der Waals surface area contributed by atoms with E-state index < -0.39 is 0 Å². The van der Waals surface area contributed by atoms with E-state index in [4.69, 9.17) is 16.3 Å². The summed E-state index contributed by atoms with van der Waals surface area (Å²) in [6, 6.07) is 7.40. The molecule has 1 N–H and O–H groups in total. The lowest BCUT2D eigenvalue weighted by atomic mass is 9.70. The number of hydrogen-bond acceptors (Lipinski definition) is 5. The van der Waals surface area contributed by atoms with E-state index in [1.54, 1.807) is 6.07 Å². The molecule has 1 saturated carbocycles. The number of benzene rings is 1.